The molecule has 28 heavy (non-hydrogen) atoms. The molecule has 0 saturated heterocycles. The molecule has 142 valence electrons. The first-order chi connectivity index (χ1) is 13.2. The predicted molar refractivity (Wildman–Crippen MR) is 113 cm³/mol. The average molecular weight is 392 g/mol. The number of nitrogens with zero attached hydrogens (tertiary/aromatic N) is 2. The van der Waals surface area contributed by atoms with E-state index in [4.69, 9.17) is 16.5 Å². The summed E-state index contributed by atoms with van der Waals surface area (Å²) in [5.41, 5.74) is 16.7. The molecule has 4 rings (SSSR count). The fraction of sp³-hybridized carbons (Fsp3) is 0.190. The van der Waals surface area contributed by atoms with Gasteiger partial charge in [-0.3, -0.25) is 9.59 Å². The van der Waals surface area contributed by atoms with Crippen molar-refractivity contribution in [2.45, 2.75) is 20.8 Å². The molecule has 0 bridgehead atoms. The standard InChI is InChI=1S/C21H20N4O2S/c1-9-10(2)17-16(11(3)14(9)19(22)26)24-21(25(17)4)15-12-7-5-6-8-13(12)28-18(15)20(23)27/h5-8H,1-4H3,(H2,22,26)(H2,23,27). The monoisotopic (exact) mass is 392 g/mol. The minimum atomic E-state index is -0.481. The molecule has 0 radical (unpaired) electrons. The van der Waals surface area contributed by atoms with Crippen LogP contribution in [0.1, 0.15) is 36.7 Å². The Morgan fingerprint density at radius 2 is 1.68 bits per heavy atom. The van der Waals surface area contributed by atoms with Crippen LogP contribution in [0.25, 0.3) is 32.5 Å². The second-order valence-electron chi connectivity index (χ2n) is 6.97. The highest BCUT2D eigenvalue weighted by molar-refractivity contribution is 7.21. The molecule has 7 heteroatoms. The quantitative estimate of drug-likeness (QED) is 0.557. The van der Waals surface area contributed by atoms with Crippen LogP contribution in [0.2, 0.25) is 0 Å². The van der Waals surface area contributed by atoms with E-state index in [9.17, 15) is 9.59 Å². The summed E-state index contributed by atoms with van der Waals surface area (Å²) in [6, 6.07) is 7.79. The summed E-state index contributed by atoms with van der Waals surface area (Å²) in [5, 5.41) is 0.932. The van der Waals surface area contributed by atoms with E-state index >= 15 is 0 Å². The highest BCUT2D eigenvalue weighted by Crippen LogP contribution is 2.40. The highest BCUT2D eigenvalue weighted by Gasteiger charge is 2.25. The molecule has 0 fully saturated rings. The van der Waals surface area contributed by atoms with Crippen LogP contribution >= 0.6 is 11.3 Å². The molecule has 2 heterocycles. The Kier molecular flexibility index (Phi) is 4.01. The van der Waals surface area contributed by atoms with Crippen molar-refractivity contribution >= 4 is 44.3 Å². The minimum Gasteiger partial charge on any atom is -0.366 e. The topological polar surface area (TPSA) is 104 Å². The van der Waals surface area contributed by atoms with Crippen molar-refractivity contribution in [3.05, 3.63) is 51.4 Å². The lowest BCUT2D eigenvalue weighted by Gasteiger charge is -2.12. The third-order valence-corrected chi connectivity index (χ3v) is 6.59. The van der Waals surface area contributed by atoms with Gasteiger partial charge in [-0.2, -0.15) is 0 Å². The summed E-state index contributed by atoms with van der Waals surface area (Å²) in [6.07, 6.45) is 0. The van der Waals surface area contributed by atoms with Crippen LogP contribution in [0, 0.1) is 20.8 Å². The molecule has 0 aliphatic heterocycles. The van der Waals surface area contributed by atoms with Crippen molar-refractivity contribution in [3.8, 4) is 11.4 Å². The van der Waals surface area contributed by atoms with E-state index in [1.807, 2.05) is 56.7 Å². The molecule has 6 nitrogen and oxygen atoms in total. The largest absolute Gasteiger partial charge is 0.366 e. The SMILES string of the molecule is Cc1c(C(N)=O)c(C)c2nc(-c3c(C(N)=O)sc4ccccc34)n(C)c2c1C. The van der Waals surface area contributed by atoms with Crippen LogP contribution in [0.4, 0.5) is 0 Å². The number of hydrogen-bond acceptors (Lipinski definition) is 4. The number of imidazole rings is 1. The van der Waals surface area contributed by atoms with E-state index in [1.54, 1.807) is 0 Å². The first-order valence-corrected chi connectivity index (χ1v) is 9.63. The molecule has 2 aromatic carbocycles. The van der Waals surface area contributed by atoms with Gasteiger partial charge in [-0.1, -0.05) is 18.2 Å². The summed E-state index contributed by atoms with van der Waals surface area (Å²) in [4.78, 5) is 29.5. The van der Waals surface area contributed by atoms with Crippen molar-refractivity contribution in [3.63, 3.8) is 0 Å². The summed E-state index contributed by atoms with van der Waals surface area (Å²) < 4.78 is 2.94. The van der Waals surface area contributed by atoms with Gasteiger partial charge in [0.2, 0.25) is 5.91 Å². The zero-order chi connectivity index (χ0) is 20.3. The molecule has 4 aromatic rings. The average Bonchev–Trinajstić information content (AvgIpc) is 3.18. The van der Waals surface area contributed by atoms with Crippen LogP contribution in [0.3, 0.4) is 0 Å². The van der Waals surface area contributed by atoms with Crippen LogP contribution in [-0.4, -0.2) is 21.4 Å². The first-order valence-electron chi connectivity index (χ1n) is 8.81. The van der Waals surface area contributed by atoms with E-state index < -0.39 is 11.8 Å². The first kappa shape index (κ1) is 18.2. The molecule has 0 aliphatic carbocycles. The van der Waals surface area contributed by atoms with Crippen LogP contribution in [-0.2, 0) is 7.05 Å². The molecule has 0 aliphatic rings. The summed E-state index contributed by atoms with van der Waals surface area (Å²) in [7, 11) is 1.91. The molecule has 0 spiro atoms. The van der Waals surface area contributed by atoms with E-state index in [0.29, 0.717) is 21.8 Å². The van der Waals surface area contributed by atoms with E-state index in [2.05, 4.69) is 0 Å². The smallest absolute Gasteiger partial charge is 0.259 e. The van der Waals surface area contributed by atoms with Gasteiger partial charge in [0.15, 0.2) is 0 Å². The van der Waals surface area contributed by atoms with Gasteiger partial charge in [-0.15, -0.1) is 11.3 Å². The summed E-state index contributed by atoms with van der Waals surface area (Å²) >= 11 is 1.36. The van der Waals surface area contributed by atoms with Crippen molar-refractivity contribution in [1.82, 2.24) is 9.55 Å². The number of rotatable bonds is 3. The second kappa shape index (κ2) is 6.17. The minimum absolute atomic E-state index is 0.467. The van der Waals surface area contributed by atoms with Gasteiger partial charge in [0.1, 0.15) is 10.7 Å². The van der Waals surface area contributed by atoms with Crippen molar-refractivity contribution < 1.29 is 9.59 Å². The summed E-state index contributed by atoms with van der Waals surface area (Å²) in [6.45, 7) is 5.70. The van der Waals surface area contributed by atoms with E-state index in [1.165, 1.54) is 11.3 Å². The Morgan fingerprint density at radius 3 is 2.32 bits per heavy atom. The van der Waals surface area contributed by atoms with Crippen LogP contribution in [0.15, 0.2) is 24.3 Å². The lowest BCUT2D eigenvalue weighted by atomic mass is 9.96. The van der Waals surface area contributed by atoms with Gasteiger partial charge in [0.25, 0.3) is 5.91 Å². The number of fused-ring (bicyclic) bond motifs is 2. The zero-order valence-electron chi connectivity index (χ0n) is 16.1. The number of amides is 2. The summed E-state index contributed by atoms with van der Waals surface area (Å²) in [5.74, 6) is -0.301. The third kappa shape index (κ3) is 2.36. The molecule has 0 atom stereocenters. The number of nitrogens with two attached hydrogens (primary N) is 2. The van der Waals surface area contributed by atoms with E-state index in [-0.39, 0.29) is 0 Å². The van der Waals surface area contributed by atoms with Crippen LogP contribution in [0.5, 0.6) is 0 Å². The Hall–Kier alpha value is -3.19. The lowest BCUT2D eigenvalue weighted by Crippen LogP contribution is -2.16. The normalized spacial score (nSPS) is 11.4. The number of hydrogen-bond donors (Lipinski definition) is 2. The number of primary amides is 2. The van der Waals surface area contributed by atoms with E-state index in [0.717, 1.165) is 37.9 Å². The van der Waals surface area contributed by atoms with Crippen molar-refractivity contribution in [2.75, 3.05) is 0 Å². The molecule has 0 unspecified atom stereocenters. The predicted octanol–water partition coefficient (Wildman–Crippen LogP) is 3.58. The fourth-order valence-electron chi connectivity index (χ4n) is 3.99. The Morgan fingerprint density at radius 1 is 1.00 bits per heavy atom. The number of thiophene rings is 1. The zero-order valence-corrected chi connectivity index (χ0v) is 16.9. The number of benzene rings is 2. The Balaban J connectivity index is 2.17. The maximum absolute atomic E-state index is 12.2. The number of aryl methyl sites for hydroxylation is 3. The highest BCUT2D eigenvalue weighted by atomic mass is 32.1. The number of carbonyl (C=O) groups excluding carboxylic acids is 2. The maximum atomic E-state index is 12.2. The third-order valence-electron chi connectivity index (χ3n) is 5.41. The fourth-order valence-corrected chi connectivity index (χ4v) is 5.04. The van der Waals surface area contributed by atoms with Gasteiger partial charge < -0.3 is 16.0 Å². The molecular weight excluding hydrogens is 372 g/mol. The molecule has 2 aromatic heterocycles. The molecule has 4 N–H and O–H groups in total. The number of carbonyl (C=O) groups is 2. The van der Waals surface area contributed by atoms with Gasteiger partial charge in [0, 0.05) is 28.3 Å². The molecule has 0 saturated carbocycles. The van der Waals surface area contributed by atoms with Gasteiger partial charge in [-0.05, 0) is 43.5 Å². The lowest BCUT2D eigenvalue weighted by molar-refractivity contribution is 0.0993. The Bertz CT molecular complexity index is 1310. The number of aromatic nitrogens is 2. The van der Waals surface area contributed by atoms with Crippen molar-refractivity contribution in [1.29, 1.82) is 0 Å². The van der Waals surface area contributed by atoms with Crippen molar-refractivity contribution in [2.24, 2.45) is 18.5 Å². The van der Waals surface area contributed by atoms with Gasteiger partial charge in [-0.25, -0.2) is 4.98 Å². The maximum Gasteiger partial charge on any atom is 0.259 e. The van der Waals surface area contributed by atoms with Gasteiger partial charge in [0.05, 0.1) is 11.0 Å². The van der Waals surface area contributed by atoms with Gasteiger partial charge >= 0.3 is 0 Å². The van der Waals surface area contributed by atoms with Crippen LogP contribution < -0.4 is 11.5 Å². The second-order valence-corrected chi connectivity index (χ2v) is 8.02. The molecule has 2 amide bonds. The Labute approximate surface area is 165 Å². The molecular formula is C21H20N4O2S.